The number of nitrogens with zero attached hydrogens (tertiary/aromatic N) is 2. The number of halogens is 1. The average molecular weight is 310 g/mol. The molecule has 2 rings (SSSR count). The summed E-state index contributed by atoms with van der Waals surface area (Å²) in [6.07, 6.45) is 1.53. The van der Waals surface area contributed by atoms with Gasteiger partial charge in [0.2, 0.25) is 5.82 Å². The second-order valence-corrected chi connectivity index (χ2v) is 5.23. The lowest BCUT2D eigenvalue weighted by Gasteiger charge is -2.27. The molecule has 0 saturated heterocycles. The Morgan fingerprint density at radius 3 is 2.62 bits per heavy atom. The molecule has 0 atom stereocenters. The highest BCUT2D eigenvalue weighted by atomic mass is 35.5. The predicted molar refractivity (Wildman–Crippen MR) is 83.0 cm³/mol. The van der Waals surface area contributed by atoms with Crippen molar-refractivity contribution in [1.29, 1.82) is 0 Å². The first-order valence-corrected chi connectivity index (χ1v) is 7.47. The molecule has 5 nitrogen and oxygen atoms in total. The summed E-state index contributed by atoms with van der Waals surface area (Å²) in [6.45, 7) is 6.63. The molecule has 1 heterocycles. The normalized spacial score (nSPS) is 11.8. The second kappa shape index (κ2) is 6.45. The highest BCUT2D eigenvalue weighted by molar-refractivity contribution is 6.31. The Labute approximate surface area is 129 Å². The standard InChI is InChI=1S/C15H20ClN3O2/c1-4-15(5-2,20-6-3)14-18-13(21-19-14)11-9-10(16)7-8-12(11)17/h7-9H,4-6,17H2,1-3H3. The zero-order chi connectivity index (χ0) is 15.5. The molecule has 114 valence electrons. The van der Waals surface area contributed by atoms with Crippen LogP contribution < -0.4 is 5.73 Å². The van der Waals surface area contributed by atoms with Crippen molar-refractivity contribution in [2.45, 2.75) is 39.2 Å². The van der Waals surface area contributed by atoms with E-state index in [1.165, 1.54) is 0 Å². The molecule has 0 fully saturated rings. The summed E-state index contributed by atoms with van der Waals surface area (Å²) in [5.74, 6) is 0.903. The van der Waals surface area contributed by atoms with Gasteiger partial charge in [-0.15, -0.1) is 0 Å². The minimum Gasteiger partial charge on any atom is -0.398 e. The lowest BCUT2D eigenvalue weighted by atomic mass is 9.96. The van der Waals surface area contributed by atoms with Crippen molar-refractivity contribution in [2.24, 2.45) is 0 Å². The van der Waals surface area contributed by atoms with Crippen molar-refractivity contribution >= 4 is 17.3 Å². The van der Waals surface area contributed by atoms with E-state index in [0.717, 1.165) is 12.8 Å². The molecule has 0 aliphatic heterocycles. The fourth-order valence-electron chi connectivity index (χ4n) is 2.34. The summed E-state index contributed by atoms with van der Waals surface area (Å²) in [6, 6.07) is 5.16. The molecule has 0 spiro atoms. The van der Waals surface area contributed by atoms with E-state index < -0.39 is 5.60 Å². The summed E-state index contributed by atoms with van der Waals surface area (Å²) >= 11 is 6.00. The van der Waals surface area contributed by atoms with Crippen LogP contribution in [0, 0.1) is 0 Å². The largest absolute Gasteiger partial charge is 0.398 e. The van der Waals surface area contributed by atoms with Crippen LogP contribution in [0.1, 0.15) is 39.4 Å². The molecule has 0 aliphatic rings. The molecular weight excluding hydrogens is 290 g/mol. The number of ether oxygens (including phenoxy) is 1. The molecule has 0 amide bonds. The van der Waals surface area contributed by atoms with Gasteiger partial charge < -0.3 is 15.0 Å². The quantitative estimate of drug-likeness (QED) is 0.816. The van der Waals surface area contributed by atoms with Gasteiger partial charge >= 0.3 is 0 Å². The molecule has 1 aromatic heterocycles. The molecule has 0 unspecified atom stereocenters. The molecule has 0 bridgehead atoms. The lowest BCUT2D eigenvalue weighted by Crippen LogP contribution is -2.29. The second-order valence-electron chi connectivity index (χ2n) is 4.79. The third kappa shape index (κ3) is 3.04. The smallest absolute Gasteiger partial charge is 0.260 e. The molecule has 2 aromatic rings. The van der Waals surface area contributed by atoms with Gasteiger partial charge in [0, 0.05) is 17.3 Å². The molecule has 21 heavy (non-hydrogen) atoms. The molecule has 0 saturated carbocycles. The van der Waals surface area contributed by atoms with Gasteiger partial charge in [-0.2, -0.15) is 4.98 Å². The van der Waals surface area contributed by atoms with E-state index >= 15 is 0 Å². The Morgan fingerprint density at radius 1 is 1.29 bits per heavy atom. The molecule has 6 heteroatoms. The van der Waals surface area contributed by atoms with E-state index in [1.54, 1.807) is 18.2 Å². The molecule has 2 N–H and O–H groups in total. The number of hydrogen-bond donors (Lipinski definition) is 1. The maximum absolute atomic E-state index is 6.00. The van der Waals surface area contributed by atoms with Gasteiger partial charge in [0.05, 0.1) is 5.56 Å². The zero-order valence-corrected chi connectivity index (χ0v) is 13.3. The Morgan fingerprint density at radius 2 is 2.00 bits per heavy atom. The van der Waals surface area contributed by atoms with Crippen molar-refractivity contribution < 1.29 is 9.26 Å². The van der Waals surface area contributed by atoms with E-state index in [1.807, 2.05) is 20.8 Å². The number of benzene rings is 1. The van der Waals surface area contributed by atoms with Gasteiger partial charge in [-0.05, 0) is 38.0 Å². The highest BCUT2D eigenvalue weighted by Gasteiger charge is 2.34. The Kier molecular flexibility index (Phi) is 4.85. The van der Waals surface area contributed by atoms with E-state index in [2.05, 4.69) is 10.1 Å². The van der Waals surface area contributed by atoms with Crippen molar-refractivity contribution in [3.05, 3.63) is 29.0 Å². The van der Waals surface area contributed by atoms with E-state index in [9.17, 15) is 0 Å². The van der Waals surface area contributed by atoms with Crippen molar-refractivity contribution in [2.75, 3.05) is 12.3 Å². The maximum Gasteiger partial charge on any atom is 0.260 e. The monoisotopic (exact) mass is 309 g/mol. The first-order valence-electron chi connectivity index (χ1n) is 7.09. The van der Waals surface area contributed by atoms with Crippen molar-refractivity contribution in [3.63, 3.8) is 0 Å². The van der Waals surface area contributed by atoms with Crippen LogP contribution in [0.4, 0.5) is 5.69 Å². The molecule has 0 radical (unpaired) electrons. The first-order chi connectivity index (χ1) is 10.1. The number of aromatic nitrogens is 2. The summed E-state index contributed by atoms with van der Waals surface area (Å²) in [5, 5.41) is 4.66. The Hall–Kier alpha value is -1.59. The molecule has 1 aromatic carbocycles. The molecular formula is C15H20ClN3O2. The van der Waals surface area contributed by atoms with Crippen LogP contribution in [0.2, 0.25) is 5.02 Å². The third-order valence-corrected chi connectivity index (χ3v) is 3.88. The fraction of sp³-hybridized carbons (Fsp3) is 0.467. The highest BCUT2D eigenvalue weighted by Crippen LogP contribution is 2.34. The van der Waals surface area contributed by atoms with Gasteiger partial charge in [0.15, 0.2) is 0 Å². The number of nitrogens with two attached hydrogens (primary N) is 1. The van der Waals surface area contributed by atoms with Crippen LogP contribution in [-0.4, -0.2) is 16.7 Å². The van der Waals surface area contributed by atoms with Crippen LogP contribution >= 0.6 is 11.6 Å². The molecule has 0 aliphatic carbocycles. The predicted octanol–water partition coefficient (Wildman–Crippen LogP) is 4.02. The minimum atomic E-state index is -0.524. The third-order valence-electron chi connectivity index (χ3n) is 3.64. The average Bonchev–Trinajstić information content (AvgIpc) is 2.97. The summed E-state index contributed by atoms with van der Waals surface area (Å²) in [5.41, 5.74) is 6.61. The van der Waals surface area contributed by atoms with Crippen LogP contribution in [-0.2, 0) is 10.3 Å². The van der Waals surface area contributed by atoms with Gasteiger partial charge in [-0.25, -0.2) is 0 Å². The van der Waals surface area contributed by atoms with E-state index in [-0.39, 0.29) is 0 Å². The van der Waals surface area contributed by atoms with Crippen LogP contribution in [0.25, 0.3) is 11.5 Å². The van der Waals surface area contributed by atoms with Crippen LogP contribution in [0.15, 0.2) is 22.7 Å². The van der Waals surface area contributed by atoms with Crippen molar-refractivity contribution in [1.82, 2.24) is 10.1 Å². The maximum atomic E-state index is 6.00. The summed E-state index contributed by atoms with van der Waals surface area (Å²) in [7, 11) is 0. The summed E-state index contributed by atoms with van der Waals surface area (Å²) < 4.78 is 11.2. The number of rotatable bonds is 6. The van der Waals surface area contributed by atoms with Crippen molar-refractivity contribution in [3.8, 4) is 11.5 Å². The number of hydrogen-bond acceptors (Lipinski definition) is 5. The van der Waals surface area contributed by atoms with Gasteiger partial charge in [0.1, 0.15) is 5.60 Å². The first kappa shape index (κ1) is 15.8. The van der Waals surface area contributed by atoms with Crippen LogP contribution in [0.3, 0.4) is 0 Å². The number of anilines is 1. The van der Waals surface area contributed by atoms with Crippen LogP contribution in [0.5, 0.6) is 0 Å². The number of nitrogen functional groups attached to an aromatic ring is 1. The Balaban J connectivity index is 2.43. The Bertz CT molecular complexity index is 609. The zero-order valence-electron chi connectivity index (χ0n) is 12.5. The SMILES string of the molecule is CCOC(CC)(CC)c1noc(-c2cc(Cl)ccc2N)n1. The van der Waals surface area contributed by atoms with Gasteiger partial charge in [-0.1, -0.05) is 30.6 Å². The summed E-state index contributed by atoms with van der Waals surface area (Å²) in [4.78, 5) is 4.47. The minimum absolute atomic E-state index is 0.357. The van der Waals surface area contributed by atoms with Gasteiger partial charge in [-0.3, -0.25) is 0 Å². The fourth-order valence-corrected chi connectivity index (χ4v) is 2.51. The van der Waals surface area contributed by atoms with E-state index in [0.29, 0.717) is 34.6 Å². The van der Waals surface area contributed by atoms with Gasteiger partial charge in [0.25, 0.3) is 5.89 Å². The van der Waals surface area contributed by atoms with E-state index in [4.69, 9.17) is 26.6 Å². The topological polar surface area (TPSA) is 74.2 Å². The lowest BCUT2D eigenvalue weighted by molar-refractivity contribution is -0.0583.